The van der Waals surface area contributed by atoms with E-state index in [-0.39, 0.29) is 10.6 Å². The molecule has 0 saturated heterocycles. The highest BCUT2D eigenvalue weighted by molar-refractivity contribution is 5.44. The van der Waals surface area contributed by atoms with Crippen LogP contribution in [-0.2, 0) is 13.1 Å². The molecule has 1 aromatic heterocycles. The predicted molar refractivity (Wildman–Crippen MR) is 77.0 cm³/mol. The molecular formula is C14H16N4O2. The zero-order valence-electron chi connectivity index (χ0n) is 11.2. The van der Waals surface area contributed by atoms with E-state index in [1.165, 1.54) is 6.07 Å². The van der Waals surface area contributed by atoms with Crippen LogP contribution >= 0.6 is 0 Å². The summed E-state index contributed by atoms with van der Waals surface area (Å²) in [4.78, 5) is 10.5. The van der Waals surface area contributed by atoms with E-state index in [0.717, 1.165) is 11.1 Å². The second-order valence-electron chi connectivity index (χ2n) is 4.43. The van der Waals surface area contributed by atoms with Crippen LogP contribution in [0.2, 0.25) is 0 Å². The van der Waals surface area contributed by atoms with Crippen molar-refractivity contribution in [1.29, 1.82) is 0 Å². The second kappa shape index (κ2) is 6.12. The average molecular weight is 272 g/mol. The largest absolute Gasteiger partial charge is 0.308 e. The molecule has 0 amide bonds. The maximum atomic E-state index is 10.9. The molecule has 0 fully saturated rings. The van der Waals surface area contributed by atoms with Gasteiger partial charge >= 0.3 is 0 Å². The predicted octanol–water partition coefficient (Wildman–Crippen LogP) is 2.49. The van der Waals surface area contributed by atoms with E-state index in [1.807, 2.05) is 12.3 Å². The standard InChI is InChI=1S/C14H16N4O2/c1-3-17-10-12(8-16-17)7-15-9-13-5-4-6-14(11(13)2)18(19)20/h3-6,8,10,15H,1,7,9H2,2H3. The molecule has 0 atom stereocenters. The zero-order chi connectivity index (χ0) is 14.5. The van der Waals surface area contributed by atoms with Crippen molar-refractivity contribution in [2.24, 2.45) is 0 Å². The van der Waals surface area contributed by atoms with Crippen LogP contribution in [0.4, 0.5) is 5.69 Å². The fourth-order valence-electron chi connectivity index (χ4n) is 1.97. The molecule has 2 rings (SSSR count). The summed E-state index contributed by atoms with van der Waals surface area (Å²) in [7, 11) is 0. The Bertz CT molecular complexity index is 634. The van der Waals surface area contributed by atoms with Crippen molar-refractivity contribution in [3.05, 3.63) is 64.0 Å². The van der Waals surface area contributed by atoms with Crippen LogP contribution in [0.5, 0.6) is 0 Å². The van der Waals surface area contributed by atoms with Crippen LogP contribution in [0.15, 0.2) is 37.2 Å². The molecule has 0 radical (unpaired) electrons. The number of benzene rings is 1. The Morgan fingerprint density at radius 1 is 1.50 bits per heavy atom. The fraction of sp³-hybridized carbons (Fsp3) is 0.214. The van der Waals surface area contributed by atoms with Gasteiger partial charge in [-0.25, -0.2) is 4.68 Å². The number of nitro benzene ring substituents is 1. The van der Waals surface area contributed by atoms with Crippen molar-refractivity contribution in [2.75, 3.05) is 0 Å². The summed E-state index contributed by atoms with van der Waals surface area (Å²) < 4.78 is 1.63. The molecule has 6 nitrogen and oxygen atoms in total. The van der Waals surface area contributed by atoms with Crippen LogP contribution in [0.1, 0.15) is 16.7 Å². The monoisotopic (exact) mass is 272 g/mol. The van der Waals surface area contributed by atoms with Crippen molar-refractivity contribution in [1.82, 2.24) is 15.1 Å². The summed E-state index contributed by atoms with van der Waals surface area (Å²) in [6.45, 7) is 6.62. The molecule has 104 valence electrons. The molecule has 0 aliphatic heterocycles. The van der Waals surface area contributed by atoms with Gasteiger partial charge in [0.1, 0.15) is 0 Å². The van der Waals surface area contributed by atoms with Gasteiger partial charge in [0.15, 0.2) is 0 Å². The molecule has 20 heavy (non-hydrogen) atoms. The lowest BCUT2D eigenvalue weighted by Crippen LogP contribution is -2.13. The molecule has 2 aromatic rings. The fourth-order valence-corrected chi connectivity index (χ4v) is 1.97. The van der Waals surface area contributed by atoms with E-state index >= 15 is 0 Å². The number of rotatable bonds is 6. The van der Waals surface area contributed by atoms with E-state index < -0.39 is 0 Å². The summed E-state index contributed by atoms with van der Waals surface area (Å²) in [5, 5.41) is 18.2. The minimum Gasteiger partial charge on any atom is -0.308 e. The Morgan fingerprint density at radius 2 is 2.30 bits per heavy atom. The first kappa shape index (κ1) is 14.0. The van der Waals surface area contributed by atoms with Gasteiger partial charge in [-0.15, -0.1) is 0 Å². The number of nitrogens with zero attached hydrogens (tertiary/aromatic N) is 3. The molecule has 0 aliphatic carbocycles. The average Bonchev–Trinajstić information content (AvgIpc) is 2.88. The van der Waals surface area contributed by atoms with Gasteiger partial charge < -0.3 is 5.32 Å². The summed E-state index contributed by atoms with van der Waals surface area (Å²) >= 11 is 0. The van der Waals surface area contributed by atoms with E-state index in [9.17, 15) is 10.1 Å². The first-order valence-electron chi connectivity index (χ1n) is 6.21. The molecule has 1 N–H and O–H groups in total. The van der Waals surface area contributed by atoms with E-state index in [1.54, 1.807) is 30.1 Å². The molecule has 0 aliphatic rings. The van der Waals surface area contributed by atoms with Crippen molar-refractivity contribution in [2.45, 2.75) is 20.0 Å². The highest BCUT2D eigenvalue weighted by Gasteiger charge is 2.12. The maximum absolute atomic E-state index is 10.9. The van der Waals surface area contributed by atoms with Crippen molar-refractivity contribution in [3.63, 3.8) is 0 Å². The van der Waals surface area contributed by atoms with Crippen LogP contribution in [-0.4, -0.2) is 14.7 Å². The lowest BCUT2D eigenvalue weighted by Gasteiger charge is -2.07. The SMILES string of the molecule is C=Cn1cc(CNCc2cccc([N+](=O)[O-])c2C)cn1. The molecule has 1 aromatic carbocycles. The summed E-state index contributed by atoms with van der Waals surface area (Å²) in [6.07, 6.45) is 5.25. The molecule has 0 unspecified atom stereocenters. The van der Waals surface area contributed by atoms with Gasteiger partial charge in [0, 0.05) is 42.7 Å². The van der Waals surface area contributed by atoms with Gasteiger partial charge in [-0.2, -0.15) is 5.10 Å². The smallest absolute Gasteiger partial charge is 0.272 e. The Morgan fingerprint density at radius 3 is 2.95 bits per heavy atom. The quantitative estimate of drug-likeness (QED) is 0.647. The van der Waals surface area contributed by atoms with Crippen molar-refractivity contribution >= 4 is 11.9 Å². The van der Waals surface area contributed by atoms with Crippen LogP contribution in [0, 0.1) is 17.0 Å². The third kappa shape index (κ3) is 3.10. The molecule has 6 heteroatoms. The Balaban J connectivity index is 1.99. The van der Waals surface area contributed by atoms with Gasteiger partial charge in [0.2, 0.25) is 0 Å². The second-order valence-corrected chi connectivity index (χ2v) is 4.43. The third-order valence-electron chi connectivity index (χ3n) is 3.10. The van der Waals surface area contributed by atoms with E-state index in [4.69, 9.17) is 0 Å². The van der Waals surface area contributed by atoms with E-state index in [2.05, 4.69) is 17.0 Å². The number of aromatic nitrogens is 2. The van der Waals surface area contributed by atoms with Crippen molar-refractivity contribution in [3.8, 4) is 0 Å². The molecule has 0 bridgehead atoms. The molecule has 1 heterocycles. The van der Waals surface area contributed by atoms with Crippen molar-refractivity contribution < 1.29 is 4.92 Å². The molecular weight excluding hydrogens is 256 g/mol. The third-order valence-corrected chi connectivity index (χ3v) is 3.10. The lowest BCUT2D eigenvalue weighted by atomic mass is 10.1. The summed E-state index contributed by atoms with van der Waals surface area (Å²) in [5.74, 6) is 0. The molecule has 0 spiro atoms. The van der Waals surface area contributed by atoms with Gasteiger partial charge in [-0.3, -0.25) is 10.1 Å². The Hall–Kier alpha value is -2.47. The van der Waals surface area contributed by atoms with Gasteiger partial charge in [-0.05, 0) is 12.5 Å². The maximum Gasteiger partial charge on any atom is 0.272 e. The number of hydrogen-bond donors (Lipinski definition) is 1. The first-order valence-corrected chi connectivity index (χ1v) is 6.21. The van der Waals surface area contributed by atoms with Gasteiger partial charge in [-0.1, -0.05) is 18.7 Å². The first-order chi connectivity index (χ1) is 9.61. The highest BCUT2D eigenvalue weighted by atomic mass is 16.6. The van der Waals surface area contributed by atoms with Crippen LogP contribution < -0.4 is 5.32 Å². The highest BCUT2D eigenvalue weighted by Crippen LogP contribution is 2.20. The lowest BCUT2D eigenvalue weighted by molar-refractivity contribution is -0.385. The topological polar surface area (TPSA) is 73.0 Å². The number of hydrogen-bond acceptors (Lipinski definition) is 4. The Kier molecular flexibility index (Phi) is 4.27. The number of nitrogens with one attached hydrogen (secondary N) is 1. The van der Waals surface area contributed by atoms with E-state index in [0.29, 0.717) is 18.7 Å². The minimum atomic E-state index is -0.354. The normalized spacial score (nSPS) is 10.4. The zero-order valence-corrected chi connectivity index (χ0v) is 11.2. The van der Waals surface area contributed by atoms with Gasteiger partial charge in [0.05, 0.1) is 11.1 Å². The summed E-state index contributed by atoms with van der Waals surface area (Å²) in [6, 6.07) is 5.12. The number of nitro groups is 1. The Labute approximate surface area is 116 Å². The summed E-state index contributed by atoms with van der Waals surface area (Å²) in [5.41, 5.74) is 2.82. The van der Waals surface area contributed by atoms with Gasteiger partial charge in [0.25, 0.3) is 5.69 Å². The minimum absolute atomic E-state index is 0.156. The van der Waals surface area contributed by atoms with Crippen LogP contribution in [0.25, 0.3) is 6.20 Å². The molecule has 0 saturated carbocycles. The van der Waals surface area contributed by atoms with Crippen LogP contribution in [0.3, 0.4) is 0 Å².